The lowest BCUT2D eigenvalue weighted by molar-refractivity contribution is 0.582. The zero-order valence-electron chi connectivity index (χ0n) is 9.96. The van der Waals surface area contributed by atoms with Gasteiger partial charge in [-0.3, -0.25) is 0 Å². The number of aryl methyl sites for hydroxylation is 1. The molecule has 0 radical (unpaired) electrons. The Morgan fingerprint density at radius 3 is 2.65 bits per heavy atom. The van der Waals surface area contributed by atoms with Crippen LogP contribution in [0.3, 0.4) is 0 Å². The Balaban J connectivity index is 2.39. The predicted octanol–water partition coefficient (Wildman–Crippen LogP) is 0.773. The third-order valence-electron chi connectivity index (χ3n) is 2.42. The predicted molar refractivity (Wildman–Crippen MR) is 65.7 cm³/mol. The van der Waals surface area contributed by atoms with Crippen molar-refractivity contribution in [1.82, 2.24) is 10.0 Å². The van der Waals surface area contributed by atoms with Gasteiger partial charge in [-0.15, -0.1) is 0 Å². The molecule has 2 N–H and O–H groups in total. The molecule has 0 spiro atoms. The van der Waals surface area contributed by atoms with Gasteiger partial charge in [-0.25, -0.2) is 17.5 Å². The van der Waals surface area contributed by atoms with E-state index >= 15 is 0 Å². The number of rotatable bonds is 6. The minimum absolute atomic E-state index is 0.0117. The van der Waals surface area contributed by atoms with Crippen LogP contribution in [0.15, 0.2) is 18.2 Å². The fraction of sp³-hybridized carbons (Fsp3) is 0.455. The molecule has 0 saturated heterocycles. The van der Waals surface area contributed by atoms with E-state index in [1.807, 2.05) is 6.07 Å². The second-order valence-electron chi connectivity index (χ2n) is 3.78. The Kier molecular flexibility index (Phi) is 5.04. The van der Waals surface area contributed by atoms with Gasteiger partial charge in [-0.2, -0.15) is 0 Å². The summed E-state index contributed by atoms with van der Waals surface area (Å²) in [6, 6.07) is 4.98. The molecule has 0 heterocycles. The Morgan fingerprint density at radius 2 is 2.06 bits per heavy atom. The van der Waals surface area contributed by atoms with E-state index in [4.69, 9.17) is 0 Å². The van der Waals surface area contributed by atoms with E-state index in [0.29, 0.717) is 18.7 Å². The molecule has 0 amide bonds. The molecule has 0 fully saturated rings. The average molecular weight is 260 g/mol. The van der Waals surface area contributed by atoms with Gasteiger partial charge in [0.2, 0.25) is 10.0 Å². The van der Waals surface area contributed by atoms with E-state index < -0.39 is 10.0 Å². The van der Waals surface area contributed by atoms with Crippen LogP contribution in [0.4, 0.5) is 4.39 Å². The van der Waals surface area contributed by atoms with Crippen LogP contribution in [-0.2, 0) is 16.6 Å². The lowest BCUT2D eigenvalue weighted by Crippen LogP contribution is -2.29. The minimum atomic E-state index is -3.18. The summed E-state index contributed by atoms with van der Waals surface area (Å²) in [4.78, 5) is 0. The number of nitrogens with one attached hydrogen (secondary N) is 2. The molecule has 0 aliphatic rings. The molecular weight excluding hydrogens is 243 g/mol. The molecule has 1 aromatic rings. The number of hydrogen-bond donors (Lipinski definition) is 2. The summed E-state index contributed by atoms with van der Waals surface area (Å²) in [6.07, 6.45) is 0. The summed E-state index contributed by atoms with van der Waals surface area (Å²) >= 11 is 0. The summed E-state index contributed by atoms with van der Waals surface area (Å²) < 4.78 is 37.6. The van der Waals surface area contributed by atoms with Crippen LogP contribution in [0.1, 0.15) is 11.1 Å². The van der Waals surface area contributed by atoms with Gasteiger partial charge in [0.15, 0.2) is 0 Å². The van der Waals surface area contributed by atoms with Crippen molar-refractivity contribution in [3.05, 3.63) is 35.1 Å². The summed E-state index contributed by atoms with van der Waals surface area (Å²) in [7, 11) is -1.80. The van der Waals surface area contributed by atoms with Crippen LogP contribution >= 0.6 is 0 Å². The summed E-state index contributed by atoms with van der Waals surface area (Å²) in [5, 5.41) is 2.95. The Hall–Kier alpha value is -0.980. The average Bonchev–Trinajstić information content (AvgIpc) is 2.29. The lowest BCUT2D eigenvalue weighted by Gasteiger charge is -2.06. The van der Waals surface area contributed by atoms with Crippen LogP contribution < -0.4 is 10.0 Å². The fourth-order valence-corrected chi connectivity index (χ4v) is 1.90. The Morgan fingerprint density at radius 1 is 1.35 bits per heavy atom. The number of halogens is 1. The highest BCUT2D eigenvalue weighted by Crippen LogP contribution is 2.08. The molecule has 1 rings (SSSR count). The second kappa shape index (κ2) is 6.09. The van der Waals surface area contributed by atoms with Gasteiger partial charge in [-0.05, 0) is 31.2 Å². The maximum Gasteiger partial charge on any atom is 0.212 e. The van der Waals surface area contributed by atoms with Gasteiger partial charge < -0.3 is 5.32 Å². The standard InChI is InChI=1S/C11H17FN2O2S/c1-9-3-4-10(7-11(9)12)8-14-5-6-17(15,16)13-2/h3-4,7,13-14H,5-6,8H2,1-2H3. The molecule has 0 aromatic heterocycles. The molecule has 0 unspecified atom stereocenters. The number of sulfonamides is 1. The van der Waals surface area contributed by atoms with E-state index in [9.17, 15) is 12.8 Å². The topological polar surface area (TPSA) is 58.2 Å². The third kappa shape index (κ3) is 4.80. The third-order valence-corrected chi connectivity index (χ3v) is 3.79. The van der Waals surface area contributed by atoms with Crippen LogP contribution in [0.2, 0.25) is 0 Å². The smallest absolute Gasteiger partial charge is 0.212 e. The van der Waals surface area contributed by atoms with Gasteiger partial charge in [0, 0.05) is 13.1 Å². The van der Waals surface area contributed by atoms with E-state index in [1.165, 1.54) is 13.1 Å². The van der Waals surface area contributed by atoms with Crippen molar-refractivity contribution in [2.45, 2.75) is 13.5 Å². The van der Waals surface area contributed by atoms with Crippen LogP contribution in [0.5, 0.6) is 0 Å². The molecule has 0 saturated carbocycles. The number of hydrogen-bond acceptors (Lipinski definition) is 3. The van der Waals surface area contributed by atoms with Crippen molar-refractivity contribution in [2.75, 3.05) is 19.3 Å². The van der Waals surface area contributed by atoms with E-state index in [0.717, 1.165) is 5.56 Å². The van der Waals surface area contributed by atoms with Crippen molar-refractivity contribution in [1.29, 1.82) is 0 Å². The highest BCUT2D eigenvalue weighted by atomic mass is 32.2. The number of benzene rings is 1. The van der Waals surface area contributed by atoms with Crippen LogP contribution in [-0.4, -0.2) is 27.8 Å². The molecule has 0 atom stereocenters. The maximum absolute atomic E-state index is 13.2. The van der Waals surface area contributed by atoms with Crippen molar-refractivity contribution < 1.29 is 12.8 Å². The van der Waals surface area contributed by atoms with E-state index in [1.54, 1.807) is 13.0 Å². The van der Waals surface area contributed by atoms with Gasteiger partial charge in [-0.1, -0.05) is 12.1 Å². The SMILES string of the molecule is CNS(=O)(=O)CCNCc1ccc(C)c(F)c1. The van der Waals surface area contributed by atoms with Crippen molar-refractivity contribution >= 4 is 10.0 Å². The maximum atomic E-state index is 13.2. The quantitative estimate of drug-likeness (QED) is 0.743. The zero-order chi connectivity index (χ0) is 12.9. The van der Waals surface area contributed by atoms with Gasteiger partial charge >= 0.3 is 0 Å². The monoisotopic (exact) mass is 260 g/mol. The van der Waals surface area contributed by atoms with Crippen LogP contribution in [0, 0.1) is 12.7 Å². The van der Waals surface area contributed by atoms with Crippen LogP contribution in [0.25, 0.3) is 0 Å². The molecule has 6 heteroatoms. The lowest BCUT2D eigenvalue weighted by atomic mass is 10.1. The van der Waals surface area contributed by atoms with Gasteiger partial charge in [0.05, 0.1) is 5.75 Å². The molecule has 0 bridgehead atoms. The van der Waals surface area contributed by atoms with Crippen molar-refractivity contribution in [3.8, 4) is 0 Å². The Labute approximate surface area is 101 Å². The summed E-state index contributed by atoms with van der Waals surface area (Å²) in [6.45, 7) is 2.49. The zero-order valence-corrected chi connectivity index (χ0v) is 10.8. The first-order chi connectivity index (χ1) is 7.94. The largest absolute Gasteiger partial charge is 0.312 e. The summed E-state index contributed by atoms with van der Waals surface area (Å²) in [5.74, 6) is -0.232. The highest BCUT2D eigenvalue weighted by molar-refractivity contribution is 7.89. The highest BCUT2D eigenvalue weighted by Gasteiger charge is 2.05. The first kappa shape index (κ1) is 14.1. The first-order valence-electron chi connectivity index (χ1n) is 5.31. The fourth-order valence-electron chi connectivity index (χ4n) is 1.29. The summed E-state index contributed by atoms with van der Waals surface area (Å²) in [5.41, 5.74) is 1.40. The molecule has 1 aromatic carbocycles. The van der Waals surface area contributed by atoms with E-state index in [-0.39, 0.29) is 11.6 Å². The van der Waals surface area contributed by atoms with Gasteiger partial charge in [0.25, 0.3) is 0 Å². The molecule has 96 valence electrons. The van der Waals surface area contributed by atoms with Crippen molar-refractivity contribution in [3.63, 3.8) is 0 Å². The normalized spacial score (nSPS) is 11.7. The second-order valence-corrected chi connectivity index (χ2v) is 5.83. The van der Waals surface area contributed by atoms with E-state index in [2.05, 4.69) is 10.0 Å². The van der Waals surface area contributed by atoms with Crippen molar-refractivity contribution in [2.24, 2.45) is 0 Å². The molecule has 0 aliphatic carbocycles. The first-order valence-corrected chi connectivity index (χ1v) is 6.97. The molecule has 0 aliphatic heterocycles. The molecular formula is C11H17FN2O2S. The molecule has 17 heavy (non-hydrogen) atoms. The molecule has 4 nitrogen and oxygen atoms in total. The van der Waals surface area contributed by atoms with Gasteiger partial charge in [0.1, 0.15) is 5.82 Å². The minimum Gasteiger partial charge on any atom is -0.312 e. The Bertz CT molecular complexity index is 474.